The van der Waals surface area contributed by atoms with Gasteiger partial charge in [-0.1, -0.05) is 54.6 Å². The van der Waals surface area contributed by atoms with E-state index in [0.29, 0.717) is 17.3 Å². The summed E-state index contributed by atoms with van der Waals surface area (Å²) in [6.45, 7) is 0. The van der Waals surface area contributed by atoms with E-state index in [2.05, 4.69) is 15.5 Å². The minimum atomic E-state index is -0.594. The van der Waals surface area contributed by atoms with Gasteiger partial charge in [0.2, 0.25) is 11.8 Å². The molecule has 0 fully saturated rings. The van der Waals surface area contributed by atoms with E-state index in [4.69, 9.17) is 4.42 Å². The Bertz CT molecular complexity index is 986. The minimum absolute atomic E-state index is 0.304. The first kappa shape index (κ1) is 16.0. The minimum Gasteiger partial charge on any atom is -0.418 e. The predicted octanol–water partition coefficient (Wildman–Crippen LogP) is 5.08. The molecule has 0 amide bonds. The molecule has 0 aliphatic carbocycles. The lowest BCUT2D eigenvalue weighted by atomic mass is 10.1. The van der Waals surface area contributed by atoms with Gasteiger partial charge in [0.25, 0.3) is 0 Å². The molecule has 0 aliphatic rings. The highest BCUT2D eigenvalue weighted by Crippen LogP contribution is 2.29. The van der Waals surface area contributed by atoms with Crippen LogP contribution in [-0.2, 0) is 0 Å². The van der Waals surface area contributed by atoms with E-state index in [1.165, 1.54) is 6.07 Å². The highest BCUT2D eigenvalue weighted by atomic mass is 19.1. The molecule has 4 rings (SSSR count). The fourth-order valence-electron chi connectivity index (χ4n) is 2.73. The van der Waals surface area contributed by atoms with Crippen LogP contribution < -0.4 is 5.32 Å². The van der Waals surface area contributed by atoms with Crippen molar-refractivity contribution in [1.82, 2.24) is 10.2 Å². The zero-order chi connectivity index (χ0) is 17.8. The summed E-state index contributed by atoms with van der Waals surface area (Å²) >= 11 is 0. The Kier molecular flexibility index (Phi) is 4.43. The van der Waals surface area contributed by atoms with Crippen LogP contribution in [-0.4, -0.2) is 10.2 Å². The summed E-state index contributed by atoms with van der Waals surface area (Å²) < 4.78 is 20.3. The molecule has 0 radical (unpaired) electrons. The van der Waals surface area contributed by atoms with Crippen molar-refractivity contribution in [3.05, 3.63) is 102 Å². The molecule has 1 N–H and O–H groups in total. The topological polar surface area (TPSA) is 51.0 Å². The monoisotopic (exact) mass is 345 g/mol. The number of aromatic nitrogens is 2. The van der Waals surface area contributed by atoms with Gasteiger partial charge in [-0.15, -0.1) is 10.2 Å². The molecule has 1 aromatic heterocycles. The fourth-order valence-corrected chi connectivity index (χ4v) is 2.73. The van der Waals surface area contributed by atoms with E-state index in [-0.39, 0.29) is 5.82 Å². The summed E-state index contributed by atoms with van der Waals surface area (Å²) in [6, 6.07) is 25.0. The first-order valence-corrected chi connectivity index (χ1v) is 8.26. The third kappa shape index (κ3) is 3.32. The van der Waals surface area contributed by atoms with Gasteiger partial charge in [0.05, 0.1) is 0 Å². The van der Waals surface area contributed by atoms with Crippen LogP contribution in [0.4, 0.5) is 10.1 Å². The van der Waals surface area contributed by atoms with Crippen molar-refractivity contribution in [3.63, 3.8) is 0 Å². The lowest BCUT2D eigenvalue weighted by Crippen LogP contribution is -2.14. The Morgan fingerprint density at radius 2 is 1.42 bits per heavy atom. The summed E-state index contributed by atoms with van der Waals surface area (Å²) in [7, 11) is 0. The highest BCUT2D eigenvalue weighted by Gasteiger charge is 2.24. The molecule has 4 aromatic rings. The van der Waals surface area contributed by atoms with Crippen LogP contribution in [0.1, 0.15) is 17.5 Å². The molecule has 26 heavy (non-hydrogen) atoms. The van der Waals surface area contributed by atoms with Crippen molar-refractivity contribution in [2.45, 2.75) is 6.04 Å². The highest BCUT2D eigenvalue weighted by molar-refractivity contribution is 5.52. The third-order valence-electron chi connectivity index (χ3n) is 4.01. The number of benzene rings is 3. The van der Waals surface area contributed by atoms with Gasteiger partial charge in [-0.25, -0.2) is 4.39 Å². The molecule has 3 aromatic carbocycles. The molecule has 0 bridgehead atoms. The largest absolute Gasteiger partial charge is 0.418 e. The number of halogens is 1. The Morgan fingerprint density at radius 1 is 0.769 bits per heavy atom. The normalized spacial score (nSPS) is 11.9. The van der Waals surface area contributed by atoms with Crippen molar-refractivity contribution in [2.24, 2.45) is 0 Å². The summed E-state index contributed by atoms with van der Waals surface area (Å²) in [5, 5.41) is 11.6. The van der Waals surface area contributed by atoms with Crippen molar-refractivity contribution < 1.29 is 8.81 Å². The van der Waals surface area contributed by atoms with Gasteiger partial charge in [-0.2, -0.15) is 0 Å². The van der Waals surface area contributed by atoms with Crippen molar-refractivity contribution in [3.8, 4) is 11.5 Å². The van der Waals surface area contributed by atoms with Gasteiger partial charge in [-0.05, 0) is 30.3 Å². The Hall–Kier alpha value is -3.47. The quantitative estimate of drug-likeness (QED) is 0.548. The van der Waals surface area contributed by atoms with E-state index in [1.54, 1.807) is 18.2 Å². The van der Waals surface area contributed by atoms with Crippen molar-refractivity contribution >= 4 is 5.69 Å². The second kappa shape index (κ2) is 7.19. The maximum atomic E-state index is 14.4. The number of nitrogens with one attached hydrogen (secondary N) is 1. The molecule has 0 saturated carbocycles. The standard InChI is InChI=1S/C21H16FN3O/c22-18-14-8-7-13-17(18)19(23-16-11-5-2-6-12-16)21-25-24-20(26-21)15-9-3-1-4-10-15/h1-14,19,23H/t19-/m0/s1. The van der Waals surface area contributed by atoms with E-state index < -0.39 is 6.04 Å². The maximum Gasteiger partial charge on any atom is 0.247 e. The average Bonchev–Trinajstić information content (AvgIpc) is 3.18. The van der Waals surface area contributed by atoms with E-state index in [0.717, 1.165) is 11.3 Å². The predicted molar refractivity (Wildman–Crippen MR) is 98.0 cm³/mol. The molecular weight excluding hydrogens is 329 g/mol. The number of nitrogens with zero attached hydrogens (tertiary/aromatic N) is 2. The number of hydrogen-bond acceptors (Lipinski definition) is 4. The molecule has 1 atom stereocenters. The lowest BCUT2D eigenvalue weighted by molar-refractivity contribution is 0.485. The SMILES string of the molecule is Fc1ccccc1[C@H](Nc1ccccc1)c1nnc(-c2ccccc2)o1. The molecule has 4 nitrogen and oxygen atoms in total. The Labute approximate surface area is 150 Å². The van der Waals surface area contributed by atoms with E-state index in [9.17, 15) is 4.39 Å². The zero-order valence-electron chi connectivity index (χ0n) is 13.8. The van der Waals surface area contributed by atoms with Crippen LogP contribution in [0.25, 0.3) is 11.5 Å². The molecule has 0 unspecified atom stereocenters. The molecule has 1 heterocycles. The van der Waals surface area contributed by atoms with Gasteiger partial charge in [0.15, 0.2) is 0 Å². The maximum absolute atomic E-state index is 14.4. The van der Waals surface area contributed by atoms with Crippen LogP contribution in [0, 0.1) is 5.82 Å². The summed E-state index contributed by atoms with van der Waals surface area (Å²) in [6.07, 6.45) is 0. The average molecular weight is 345 g/mol. The van der Waals surface area contributed by atoms with Crippen LogP contribution in [0.5, 0.6) is 0 Å². The third-order valence-corrected chi connectivity index (χ3v) is 4.01. The van der Waals surface area contributed by atoms with Gasteiger partial charge in [0, 0.05) is 16.8 Å². The summed E-state index contributed by atoms with van der Waals surface area (Å²) in [5.41, 5.74) is 2.10. The molecular formula is C21H16FN3O. The fraction of sp³-hybridized carbons (Fsp3) is 0.0476. The molecule has 0 spiro atoms. The van der Waals surface area contributed by atoms with Gasteiger partial charge in [0.1, 0.15) is 11.9 Å². The number of rotatable bonds is 5. The van der Waals surface area contributed by atoms with E-state index >= 15 is 0 Å². The van der Waals surface area contributed by atoms with Crippen molar-refractivity contribution in [1.29, 1.82) is 0 Å². The summed E-state index contributed by atoms with van der Waals surface area (Å²) in [4.78, 5) is 0. The second-order valence-electron chi connectivity index (χ2n) is 5.78. The molecule has 5 heteroatoms. The summed E-state index contributed by atoms with van der Waals surface area (Å²) in [5.74, 6) is 0.370. The van der Waals surface area contributed by atoms with E-state index in [1.807, 2.05) is 60.7 Å². The van der Waals surface area contributed by atoms with Gasteiger partial charge < -0.3 is 9.73 Å². The first-order valence-electron chi connectivity index (χ1n) is 8.26. The van der Waals surface area contributed by atoms with Crippen molar-refractivity contribution in [2.75, 3.05) is 5.32 Å². The lowest BCUT2D eigenvalue weighted by Gasteiger charge is -2.17. The van der Waals surface area contributed by atoms with Crippen LogP contribution in [0.2, 0.25) is 0 Å². The second-order valence-corrected chi connectivity index (χ2v) is 5.78. The Morgan fingerprint density at radius 3 is 2.15 bits per heavy atom. The van der Waals surface area contributed by atoms with Crippen LogP contribution >= 0.6 is 0 Å². The number of para-hydroxylation sites is 1. The van der Waals surface area contributed by atoms with Gasteiger partial charge in [-0.3, -0.25) is 0 Å². The van der Waals surface area contributed by atoms with Crippen LogP contribution in [0.15, 0.2) is 89.3 Å². The van der Waals surface area contributed by atoms with Crippen LogP contribution in [0.3, 0.4) is 0 Å². The molecule has 0 saturated heterocycles. The number of hydrogen-bond donors (Lipinski definition) is 1. The first-order chi connectivity index (χ1) is 12.8. The van der Waals surface area contributed by atoms with Gasteiger partial charge >= 0.3 is 0 Å². The smallest absolute Gasteiger partial charge is 0.247 e. The zero-order valence-corrected chi connectivity index (χ0v) is 13.8. The Balaban J connectivity index is 1.74. The molecule has 0 aliphatic heterocycles. The molecule has 128 valence electrons. The number of anilines is 1.